The van der Waals surface area contributed by atoms with E-state index < -0.39 is 53.7 Å². The molecule has 1 aromatic heterocycles. The van der Waals surface area contributed by atoms with E-state index in [0.717, 1.165) is 32.5 Å². The molecule has 0 saturated carbocycles. The molecule has 6 rings (SSSR count). The summed E-state index contributed by atoms with van der Waals surface area (Å²) in [5.41, 5.74) is 4.70. The lowest BCUT2D eigenvalue weighted by Crippen LogP contribution is -2.53. The molecule has 0 radical (unpaired) electrons. The second-order valence-corrected chi connectivity index (χ2v) is 17.5. The Hall–Kier alpha value is -5.50. The Bertz CT molecular complexity index is 2230. The van der Waals surface area contributed by atoms with Crippen LogP contribution < -0.4 is 15.4 Å². The highest BCUT2D eigenvalue weighted by molar-refractivity contribution is 7.22. The maximum absolute atomic E-state index is 15.4. The fourth-order valence-corrected chi connectivity index (χ4v) is 8.40. The molecule has 12 nitrogen and oxygen atoms in total. The van der Waals surface area contributed by atoms with Crippen LogP contribution in [0.1, 0.15) is 96.1 Å². The molecule has 1 heterocycles. The molecule has 318 valence electrons. The van der Waals surface area contributed by atoms with E-state index >= 15 is 4.79 Å². The number of thiazole rings is 1. The Labute approximate surface area is 356 Å². The lowest BCUT2D eigenvalue weighted by Gasteiger charge is -2.37. The summed E-state index contributed by atoms with van der Waals surface area (Å²) in [6.45, 7) is 15.8. The fourth-order valence-electron chi connectivity index (χ4n) is 7.51. The maximum Gasteiger partial charge on any atom is 0.413 e. The van der Waals surface area contributed by atoms with E-state index in [1.165, 1.54) is 18.4 Å². The Kier molecular flexibility index (Phi) is 13.8. The van der Waals surface area contributed by atoms with Gasteiger partial charge in [0.1, 0.15) is 23.0 Å². The molecule has 0 fully saturated rings. The van der Waals surface area contributed by atoms with Gasteiger partial charge in [0.05, 0.1) is 29.4 Å². The molecule has 2 atom stereocenters. The first kappa shape index (κ1) is 44.1. The number of benzene rings is 4. The van der Waals surface area contributed by atoms with Crippen LogP contribution >= 0.6 is 11.3 Å². The van der Waals surface area contributed by atoms with E-state index in [9.17, 15) is 9.59 Å². The van der Waals surface area contributed by atoms with Crippen molar-refractivity contribution in [3.8, 4) is 16.9 Å². The van der Waals surface area contributed by atoms with Gasteiger partial charge in [-0.1, -0.05) is 84.1 Å². The predicted molar refractivity (Wildman–Crippen MR) is 234 cm³/mol. The van der Waals surface area contributed by atoms with Crippen LogP contribution in [0.25, 0.3) is 21.3 Å². The van der Waals surface area contributed by atoms with Gasteiger partial charge in [0, 0.05) is 31.6 Å². The molecule has 1 aliphatic carbocycles. The summed E-state index contributed by atoms with van der Waals surface area (Å²) in [7, 11) is 1.33. The van der Waals surface area contributed by atoms with Crippen molar-refractivity contribution in [1.82, 2.24) is 15.2 Å². The molecule has 0 saturated heterocycles. The van der Waals surface area contributed by atoms with Crippen molar-refractivity contribution in [1.29, 1.82) is 0 Å². The number of carbonyl (C=O) groups is 3. The summed E-state index contributed by atoms with van der Waals surface area (Å²) in [6.07, 6.45) is -1.60. The molecule has 0 spiro atoms. The Morgan fingerprint density at radius 2 is 1.42 bits per heavy atom. The zero-order valence-corrected chi connectivity index (χ0v) is 36.7. The number of carbonyl (C=O) groups excluding carboxylic acids is 3. The average molecular weight is 837 g/mol. The van der Waals surface area contributed by atoms with E-state index in [0.29, 0.717) is 35.2 Å². The van der Waals surface area contributed by atoms with Gasteiger partial charge in [-0.2, -0.15) is 0 Å². The molecule has 2 N–H and O–H groups in total. The molecule has 4 aromatic carbocycles. The maximum atomic E-state index is 15.4. The van der Waals surface area contributed by atoms with Gasteiger partial charge in [-0.3, -0.25) is 15.0 Å². The van der Waals surface area contributed by atoms with Crippen LogP contribution in [0.15, 0.2) is 91.0 Å². The highest BCUT2D eigenvalue weighted by Gasteiger charge is 2.43. The molecule has 0 aliphatic heterocycles. The van der Waals surface area contributed by atoms with Gasteiger partial charge in [-0.25, -0.2) is 14.6 Å². The van der Waals surface area contributed by atoms with Gasteiger partial charge in [0.15, 0.2) is 11.4 Å². The second kappa shape index (κ2) is 18.8. The molecular weight excluding hydrogens is 781 g/mol. The van der Waals surface area contributed by atoms with Crippen LogP contribution in [0.5, 0.6) is 5.75 Å². The first-order chi connectivity index (χ1) is 28.6. The number of ether oxygens (including phenoxy) is 5. The largest absolute Gasteiger partial charge is 0.488 e. The minimum Gasteiger partial charge on any atom is -0.488 e. The second-order valence-electron chi connectivity index (χ2n) is 16.5. The minimum absolute atomic E-state index is 0.148. The van der Waals surface area contributed by atoms with Crippen molar-refractivity contribution in [2.24, 2.45) is 0 Å². The van der Waals surface area contributed by atoms with Crippen molar-refractivity contribution in [2.75, 3.05) is 25.6 Å². The van der Waals surface area contributed by atoms with Crippen LogP contribution in [0.2, 0.25) is 0 Å². The highest BCUT2D eigenvalue weighted by atomic mass is 32.1. The third kappa shape index (κ3) is 10.6. The molecule has 5 aromatic rings. The molecule has 3 amide bonds. The topological polar surface area (TPSA) is 138 Å². The van der Waals surface area contributed by atoms with Gasteiger partial charge in [0.25, 0.3) is 0 Å². The third-order valence-electron chi connectivity index (χ3n) is 9.76. The van der Waals surface area contributed by atoms with Crippen molar-refractivity contribution in [3.63, 3.8) is 0 Å². The zero-order valence-electron chi connectivity index (χ0n) is 35.9. The zero-order chi connectivity index (χ0) is 43.2. The number of hydrogen-bond acceptors (Lipinski definition) is 10. The average Bonchev–Trinajstić information content (AvgIpc) is 3.75. The van der Waals surface area contributed by atoms with Crippen LogP contribution in [0.3, 0.4) is 0 Å². The summed E-state index contributed by atoms with van der Waals surface area (Å²) in [5, 5.41) is 6.43. The van der Waals surface area contributed by atoms with Crippen molar-refractivity contribution >= 4 is 44.8 Å². The number of para-hydroxylation sites is 1. The number of hydrogen-bond donors (Lipinski definition) is 2. The summed E-state index contributed by atoms with van der Waals surface area (Å²) in [5.74, 6) is 0.263. The number of anilines is 1. The minimum atomic E-state index is -1.07. The van der Waals surface area contributed by atoms with Gasteiger partial charge < -0.3 is 29.0 Å². The van der Waals surface area contributed by atoms with Crippen LogP contribution in [0, 0.1) is 0 Å². The number of methoxy groups -OCH3 is 1. The molecule has 1 unspecified atom stereocenters. The fraction of sp³-hybridized carbons (Fsp3) is 0.404. The summed E-state index contributed by atoms with van der Waals surface area (Å²) < 4.78 is 30.0. The first-order valence-corrected chi connectivity index (χ1v) is 21.2. The monoisotopic (exact) mass is 836 g/mol. The smallest absolute Gasteiger partial charge is 0.413 e. The Balaban J connectivity index is 1.45. The molecule has 60 heavy (non-hydrogen) atoms. The highest BCUT2D eigenvalue weighted by Crippen LogP contribution is 2.47. The van der Waals surface area contributed by atoms with E-state index in [4.69, 9.17) is 28.7 Å². The quantitative estimate of drug-likeness (QED) is 0.0987. The molecule has 1 aliphatic rings. The predicted octanol–water partition coefficient (Wildman–Crippen LogP) is 10.2. The van der Waals surface area contributed by atoms with E-state index in [2.05, 4.69) is 10.6 Å². The lowest BCUT2D eigenvalue weighted by atomic mass is 9.96. The molecule has 13 heteroatoms. The number of nitrogens with one attached hydrogen (secondary N) is 2. The van der Waals surface area contributed by atoms with Gasteiger partial charge >= 0.3 is 12.2 Å². The summed E-state index contributed by atoms with van der Waals surface area (Å²) in [4.78, 5) is 48.9. The lowest BCUT2D eigenvalue weighted by molar-refractivity contribution is -0.145. The standard InChI is InChI=1S/C47H56N4O8S/c1-10-56-39(57-11-2)28-36(35-21-16-22-38-40(35)49-43(60-38)50-44(53)59-47(6,7)8)48-42(52)37(27-29-23-25-30(26-24-29)58-46(3,4)5)51(45(54)55-9)41-33-19-14-12-17-31(33)32-18-13-15-20-34(32)41/h12-26,36-37,39,41H,10-11,27-28H2,1-9H3,(H,48,52)(H,49,50,53)/t36?,37-/m0/s1. The SMILES string of the molecule is CCOC(CC(NC(=O)[C@H](Cc1ccc(OC(C)(C)C)cc1)N(C(=O)OC)C1c2ccccc2-c2ccccc21)c1cccc2sc(NC(=O)OC(C)(C)C)nc12)OCC. The van der Waals surface area contributed by atoms with Crippen LogP contribution in [-0.4, -0.2) is 71.8 Å². The van der Waals surface area contributed by atoms with Crippen LogP contribution in [-0.2, 0) is 30.2 Å². The van der Waals surface area contributed by atoms with Gasteiger partial charge in [0.2, 0.25) is 5.91 Å². The summed E-state index contributed by atoms with van der Waals surface area (Å²) >= 11 is 1.29. The Morgan fingerprint density at radius 1 is 0.800 bits per heavy atom. The van der Waals surface area contributed by atoms with E-state index in [1.807, 2.05) is 126 Å². The van der Waals surface area contributed by atoms with Crippen molar-refractivity contribution < 1.29 is 38.1 Å². The van der Waals surface area contributed by atoms with E-state index in [1.54, 1.807) is 25.7 Å². The number of fused-ring (bicyclic) bond motifs is 4. The van der Waals surface area contributed by atoms with Crippen molar-refractivity contribution in [3.05, 3.63) is 113 Å². The number of aromatic nitrogens is 1. The van der Waals surface area contributed by atoms with Gasteiger partial charge in [-0.15, -0.1) is 0 Å². The third-order valence-corrected chi connectivity index (χ3v) is 10.7. The van der Waals surface area contributed by atoms with Crippen molar-refractivity contribution in [2.45, 2.75) is 104 Å². The van der Waals surface area contributed by atoms with Crippen LogP contribution in [0.4, 0.5) is 14.7 Å². The first-order valence-electron chi connectivity index (χ1n) is 20.3. The number of nitrogens with zero attached hydrogens (tertiary/aromatic N) is 2. The Morgan fingerprint density at radius 3 is 1.98 bits per heavy atom. The normalized spacial score (nSPS) is 13.6. The molecular formula is C47H56N4O8S. The summed E-state index contributed by atoms with van der Waals surface area (Å²) in [6, 6.07) is 26.7. The van der Waals surface area contributed by atoms with Gasteiger partial charge in [-0.05, 0) is 101 Å². The van der Waals surface area contributed by atoms with E-state index in [-0.39, 0.29) is 12.8 Å². The number of rotatable bonds is 15. The number of amides is 3. The molecule has 0 bridgehead atoms.